The Hall–Kier alpha value is -9.04. The second kappa shape index (κ2) is 18.3. The fraction of sp³-hybridized carbons (Fsp3) is 0. The molecule has 12 rings (SSSR count). The van der Waals surface area contributed by atoms with E-state index in [1.807, 2.05) is 0 Å². The summed E-state index contributed by atoms with van der Waals surface area (Å²) in [6.07, 6.45) is 0. The minimum Gasteiger partial charge on any atom is -0.309 e. The van der Waals surface area contributed by atoms with Crippen LogP contribution in [0.2, 0.25) is 0 Å². The first-order valence-corrected chi connectivity index (χ1v) is 23.8. The van der Waals surface area contributed by atoms with Gasteiger partial charge >= 0.3 is 0 Å². The lowest BCUT2D eigenvalue weighted by molar-refractivity contribution is 1.29. The molecule has 324 valence electrons. The summed E-state index contributed by atoms with van der Waals surface area (Å²) in [6.45, 7) is 0. The third-order valence-corrected chi connectivity index (χ3v) is 13.5. The SMILES string of the molecule is c1ccc(-c2ccc(-c3ccc(N(c4ccc5c(-c6ccccc6)c(-c6ccccc6)c6ccccc6c5c4)c4c(-c5ccccc5)cccc4-c4ccccc4)cc3)cc2-c2ccccc2)cc1. The van der Waals surface area contributed by atoms with Gasteiger partial charge in [-0.05, 0) is 119 Å². The van der Waals surface area contributed by atoms with Crippen LogP contribution in [0.3, 0.4) is 0 Å². The highest BCUT2D eigenvalue weighted by molar-refractivity contribution is 6.22. The molecular formula is C68H47N. The maximum Gasteiger partial charge on any atom is 0.0618 e. The normalized spacial score (nSPS) is 11.2. The first-order valence-electron chi connectivity index (χ1n) is 23.8. The highest BCUT2D eigenvalue weighted by atomic mass is 15.1. The van der Waals surface area contributed by atoms with Gasteiger partial charge in [-0.3, -0.25) is 0 Å². The fourth-order valence-electron chi connectivity index (χ4n) is 10.3. The average Bonchev–Trinajstić information content (AvgIpc) is 3.44. The van der Waals surface area contributed by atoms with Gasteiger partial charge in [0.1, 0.15) is 0 Å². The number of para-hydroxylation sites is 1. The van der Waals surface area contributed by atoms with Crippen molar-refractivity contribution in [2.24, 2.45) is 0 Å². The molecule has 0 fully saturated rings. The van der Waals surface area contributed by atoms with Gasteiger partial charge in [-0.25, -0.2) is 0 Å². The van der Waals surface area contributed by atoms with Crippen LogP contribution in [0.25, 0.3) is 99.4 Å². The summed E-state index contributed by atoms with van der Waals surface area (Å²) < 4.78 is 0. The molecule has 0 saturated heterocycles. The van der Waals surface area contributed by atoms with E-state index in [4.69, 9.17) is 0 Å². The zero-order valence-corrected chi connectivity index (χ0v) is 38.1. The lowest BCUT2D eigenvalue weighted by atomic mass is 9.85. The van der Waals surface area contributed by atoms with Gasteiger partial charge in [-0.2, -0.15) is 0 Å². The molecule has 0 aromatic heterocycles. The van der Waals surface area contributed by atoms with Crippen molar-refractivity contribution in [1.82, 2.24) is 0 Å². The van der Waals surface area contributed by atoms with E-state index in [9.17, 15) is 0 Å². The van der Waals surface area contributed by atoms with Gasteiger partial charge in [-0.1, -0.05) is 255 Å². The Morgan fingerprint density at radius 1 is 0.188 bits per heavy atom. The maximum atomic E-state index is 2.49. The highest BCUT2D eigenvalue weighted by Gasteiger charge is 2.24. The van der Waals surface area contributed by atoms with Gasteiger partial charge in [0.2, 0.25) is 0 Å². The molecule has 0 bridgehead atoms. The molecule has 1 heteroatoms. The van der Waals surface area contributed by atoms with E-state index < -0.39 is 0 Å². The predicted molar refractivity (Wildman–Crippen MR) is 294 cm³/mol. The molecule has 0 amide bonds. The van der Waals surface area contributed by atoms with Crippen LogP contribution in [-0.4, -0.2) is 0 Å². The molecule has 0 saturated carbocycles. The second-order valence-electron chi connectivity index (χ2n) is 17.6. The Kier molecular flexibility index (Phi) is 11.0. The van der Waals surface area contributed by atoms with E-state index in [0.29, 0.717) is 0 Å². The van der Waals surface area contributed by atoms with Crippen LogP contribution >= 0.6 is 0 Å². The number of anilines is 3. The van der Waals surface area contributed by atoms with Crippen molar-refractivity contribution in [1.29, 1.82) is 0 Å². The lowest BCUT2D eigenvalue weighted by Gasteiger charge is -2.31. The van der Waals surface area contributed by atoms with Crippen molar-refractivity contribution in [3.8, 4) is 77.9 Å². The molecule has 0 atom stereocenters. The molecule has 69 heavy (non-hydrogen) atoms. The Morgan fingerprint density at radius 2 is 0.580 bits per heavy atom. The highest BCUT2D eigenvalue weighted by Crippen LogP contribution is 2.50. The number of hydrogen-bond donors (Lipinski definition) is 0. The van der Waals surface area contributed by atoms with Crippen molar-refractivity contribution >= 4 is 38.6 Å². The van der Waals surface area contributed by atoms with Crippen molar-refractivity contribution < 1.29 is 0 Å². The van der Waals surface area contributed by atoms with Crippen LogP contribution in [-0.2, 0) is 0 Å². The summed E-state index contributed by atoms with van der Waals surface area (Å²) in [7, 11) is 0. The third-order valence-electron chi connectivity index (χ3n) is 13.5. The van der Waals surface area contributed by atoms with E-state index in [1.165, 1.54) is 71.6 Å². The van der Waals surface area contributed by atoms with Gasteiger partial charge < -0.3 is 4.90 Å². The average molecular weight is 878 g/mol. The van der Waals surface area contributed by atoms with Crippen LogP contribution in [0.4, 0.5) is 17.1 Å². The minimum atomic E-state index is 1.07. The van der Waals surface area contributed by atoms with Crippen molar-refractivity contribution in [3.63, 3.8) is 0 Å². The Bertz CT molecular complexity index is 3660. The van der Waals surface area contributed by atoms with Gasteiger partial charge in [0.25, 0.3) is 0 Å². The third kappa shape index (κ3) is 7.86. The van der Waals surface area contributed by atoms with E-state index in [-0.39, 0.29) is 0 Å². The largest absolute Gasteiger partial charge is 0.309 e. The van der Waals surface area contributed by atoms with Crippen molar-refractivity contribution in [2.75, 3.05) is 4.90 Å². The van der Waals surface area contributed by atoms with Crippen LogP contribution in [0, 0.1) is 0 Å². The Balaban J connectivity index is 1.10. The Morgan fingerprint density at radius 3 is 1.09 bits per heavy atom. The zero-order chi connectivity index (χ0) is 45.9. The standard InChI is InChI=1S/C68H47N/c1-7-22-49(23-8-1)58-44-40-55(46-64(58)52-28-13-4-14-29-52)48-38-41-56(42-39-48)69(68-59(50-24-9-2-10-25-50)36-21-37-60(68)51-26-11-3-12-27-51)57-43-45-63-65(47-57)61-34-19-20-35-62(61)66(53-30-15-5-16-31-53)67(63)54-32-17-6-18-33-54/h1-47H. The van der Waals surface area contributed by atoms with Crippen LogP contribution < -0.4 is 4.90 Å². The van der Waals surface area contributed by atoms with Gasteiger partial charge in [0.15, 0.2) is 0 Å². The summed E-state index contributed by atoms with van der Waals surface area (Å²) in [6, 6.07) is 104. The molecule has 0 heterocycles. The molecule has 0 N–H and O–H groups in total. The minimum absolute atomic E-state index is 1.07. The predicted octanol–water partition coefficient (Wildman–Crippen LogP) is 19.1. The molecule has 12 aromatic carbocycles. The van der Waals surface area contributed by atoms with E-state index in [0.717, 1.165) is 44.9 Å². The molecule has 0 aliphatic carbocycles. The summed E-state index contributed by atoms with van der Waals surface area (Å²) in [5.41, 5.74) is 19.9. The summed E-state index contributed by atoms with van der Waals surface area (Å²) in [4.78, 5) is 2.49. The quantitative estimate of drug-likeness (QED) is 0.124. The summed E-state index contributed by atoms with van der Waals surface area (Å²) >= 11 is 0. The second-order valence-corrected chi connectivity index (χ2v) is 17.6. The molecule has 0 spiro atoms. The first-order chi connectivity index (χ1) is 34.3. The van der Waals surface area contributed by atoms with Crippen LogP contribution in [0.5, 0.6) is 0 Å². The van der Waals surface area contributed by atoms with Crippen molar-refractivity contribution in [3.05, 3.63) is 285 Å². The molecule has 1 nitrogen and oxygen atoms in total. The van der Waals surface area contributed by atoms with E-state index in [1.54, 1.807) is 0 Å². The number of rotatable bonds is 10. The maximum absolute atomic E-state index is 2.49. The number of fused-ring (bicyclic) bond motifs is 3. The summed E-state index contributed by atoms with van der Waals surface area (Å²) in [5, 5.41) is 4.86. The van der Waals surface area contributed by atoms with Crippen molar-refractivity contribution in [2.45, 2.75) is 0 Å². The molecule has 0 aliphatic heterocycles. The van der Waals surface area contributed by atoms with Crippen LogP contribution in [0.1, 0.15) is 0 Å². The van der Waals surface area contributed by atoms with Gasteiger partial charge in [0, 0.05) is 22.5 Å². The van der Waals surface area contributed by atoms with Gasteiger partial charge in [0.05, 0.1) is 5.69 Å². The number of nitrogens with zero attached hydrogens (tertiary/aromatic N) is 1. The first kappa shape index (κ1) is 41.4. The zero-order valence-electron chi connectivity index (χ0n) is 38.1. The number of benzene rings is 12. The number of hydrogen-bond acceptors (Lipinski definition) is 1. The fourth-order valence-corrected chi connectivity index (χ4v) is 10.3. The molecule has 0 radical (unpaired) electrons. The van der Waals surface area contributed by atoms with E-state index in [2.05, 4.69) is 290 Å². The smallest absolute Gasteiger partial charge is 0.0618 e. The monoisotopic (exact) mass is 877 g/mol. The summed E-state index contributed by atoms with van der Waals surface area (Å²) in [5.74, 6) is 0. The van der Waals surface area contributed by atoms with Crippen LogP contribution in [0.15, 0.2) is 285 Å². The molecule has 0 unspecified atom stereocenters. The Labute approximate surface area is 404 Å². The lowest BCUT2D eigenvalue weighted by Crippen LogP contribution is -2.13. The molecule has 12 aromatic rings. The topological polar surface area (TPSA) is 3.24 Å². The van der Waals surface area contributed by atoms with E-state index >= 15 is 0 Å². The molecular weight excluding hydrogens is 831 g/mol. The molecule has 0 aliphatic rings. The van der Waals surface area contributed by atoms with Gasteiger partial charge in [-0.15, -0.1) is 0 Å².